The quantitative estimate of drug-likeness (QED) is 0.779. The number of hydrogen-bond donors (Lipinski definition) is 1. The van der Waals surface area contributed by atoms with Gasteiger partial charge in [-0.1, -0.05) is 25.8 Å². The number of aliphatic carboxylic acids is 1. The summed E-state index contributed by atoms with van der Waals surface area (Å²) in [5.74, 6) is -0.971. The second kappa shape index (κ2) is 6.17. The molecule has 0 amide bonds. The van der Waals surface area contributed by atoms with Crippen molar-refractivity contribution in [3.8, 4) is 0 Å². The Labute approximate surface area is 90.2 Å². The fourth-order valence-corrected chi connectivity index (χ4v) is 1.57. The van der Waals surface area contributed by atoms with E-state index in [1.54, 1.807) is 12.4 Å². The minimum absolute atomic E-state index is 0.269. The van der Waals surface area contributed by atoms with E-state index in [9.17, 15) is 4.79 Å². The third kappa shape index (κ3) is 4.11. The van der Waals surface area contributed by atoms with Gasteiger partial charge in [-0.2, -0.15) is 0 Å². The highest BCUT2D eigenvalue weighted by molar-refractivity contribution is 5.70. The van der Waals surface area contributed by atoms with Gasteiger partial charge in [-0.05, 0) is 24.5 Å². The predicted octanol–water partition coefficient (Wildman–Crippen LogP) is 2.52. The zero-order chi connectivity index (χ0) is 11.1. The third-order valence-corrected chi connectivity index (χ3v) is 2.46. The van der Waals surface area contributed by atoms with Crippen LogP contribution in [0, 0.1) is 5.92 Å². The van der Waals surface area contributed by atoms with Gasteiger partial charge >= 0.3 is 5.97 Å². The first kappa shape index (κ1) is 11.7. The van der Waals surface area contributed by atoms with Crippen LogP contribution in [0.25, 0.3) is 0 Å². The Morgan fingerprint density at radius 2 is 2.40 bits per heavy atom. The monoisotopic (exact) mass is 207 g/mol. The molecule has 1 N–H and O–H groups in total. The first-order valence-corrected chi connectivity index (χ1v) is 5.35. The molecule has 0 aliphatic rings. The molecular formula is C12H17NO2. The van der Waals surface area contributed by atoms with E-state index < -0.39 is 5.97 Å². The number of rotatable bonds is 6. The zero-order valence-corrected chi connectivity index (χ0v) is 9.02. The lowest BCUT2D eigenvalue weighted by Gasteiger charge is -2.11. The van der Waals surface area contributed by atoms with E-state index in [0.717, 1.165) is 24.8 Å². The predicted molar refractivity (Wildman–Crippen MR) is 58.6 cm³/mol. The maximum Gasteiger partial charge on any atom is 0.306 e. The number of hydrogen-bond acceptors (Lipinski definition) is 2. The maximum absolute atomic E-state index is 11.0. The van der Waals surface area contributed by atoms with Gasteiger partial charge in [-0.25, -0.2) is 0 Å². The van der Waals surface area contributed by atoms with Gasteiger partial charge in [0, 0.05) is 12.4 Å². The van der Waals surface area contributed by atoms with Gasteiger partial charge in [0.2, 0.25) is 0 Å². The van der Waals surface area contributed by atoms with Crippen molar-refractivity contribution in [1.29, 1.82) is 0 Å². The van der Waals surface area contributed by atoms with Crippen molar-refractivity contribution in [3.05, 3.63) is 30.1 Å². The summed E-state index contributed by atoms with van der Waals surface area (Å²) < 4.78 is 0. The van der Waals surface area contributed by atoms with Crippen LogP contribution in [0.15, 0.2) is 24.5 Å². The highest BCUT2D eigenvalue weighted by Crippen LogP contribution is 2.14. The smallest absolute Gasteiger partial charge is 0.306 e. The fraction of sp³-hybridized carbons (Fsp3) is 0.500. The molecule has 0 aliphatic carbocycles. The van der Waals surface area contributed by atoms with Crippen molar-refractivity contribution in [1.82, 2.24) is 4.98 Å². The summed E-state index contributed by atoms with van der Waals surface area (Å²) >= 11 is 0. The molecule has 3 heteroatoms. The maximum atomic E-state index is 11.0. The van der Waals surface area contributed by atoms with Crippen LogP contribution in [0.1, 0.15) is 31.7 Å². The van der Waals surface area contributed by atoms with Crippen LogP contribution in [0.4, 0.5) is 0 Å². The largest absolute Gasteiger partial charge is 0.481 e. The molecule has 0 fully saturated rings. The second-order valence-electron chi connectivity index (χ2n) is 3.74. The first-order chi connectivity index (χ1) is 7.24. The van der Waals surface area contributed by atoms with Gasteiger partial charge in [0.25, 0.3) is 0 Å². The fourth-order valence-electron chi connectivity index (χ4n) is 1.57. The van der Waals surface area contributed by atoms with Crippen molar-refractivity contribution in [2.24, 2.45) is 5.92 Å². The van der Waals surface area contributed by atoms with Crippen LogP contribution in [-0.2, 0) is 11.2 Å². The molecule has 82 valence electrons. The summed E-state index contributed by atoms with van der Waals surface area (Å²) in [4.78, 5) is 15.0. The van der Waals surface area contributed by atoms with E-state index in [2.05, 4.69) is 11.9 Å². The number of carboxylic acids is 1. The lowest BCUT2D eigenvalue weighted by molar-refractivity contribution is -0.141. The Balaban J connectivity index is 2.55. The molecule has 1 atom stereocenters. The van der Waals surface area contributed by atoms with Gasteiger partial charge in [0.15, 0.2) is 0 Å². The van der Waals surface area contributed by atoms with Crippen molar-refractivity contribution in [3.63, 3.8) is 0 Å². The van der Waals surface area contributed by atoms with E-state index in [4.69, 9.17) is 5.11 Å². The molecule has 1 aromatic heterocycles. The topological polar surface area (TPSA) is 50.2 Å². The van der Waals surface area contributed by atoms with Crippen LogP contribution in [0.3, 0.4) is 0 Å². The van der Waals surface area contributed by atoms with Crippen molar-refractivity contribution in [2.45, 2.75) is 32.6 Å². The number of aromatic nitrogens is 1. The van der Waals surface area contributed by atoms with Crippen LogP contribution in [0.2, 0.25) is 0 Å². The highest BCUT2D eigenvalue weighted by Gasteiger charge is 2.16. The van der Waals surface area contributed by atoms with E-state index in [0.29, 0.717) is 6.42 Å². The molecule has 0 spiro atoms. The number of unbranched alkanes of at least 4 members (excludes halogenated alkanes) is 1. The van der Waals surface area contributed by atoms with E-state index in [1.165, 1.54) is 0 Å². The summed E-state index contributed by atoms with van der Waals surface area (Å²) in [5, 5.41) is 9.04. The molecule has 1 rings (SSSR count). The van der Waals surface area contributed by atoms with Crippen molar-refractivity contribution < 1.29 is 9.90 Å². The van der Waals surface area contributed by atoms with E-state index in [-0.39, 0.29) is 5.92 Å². The summed E-state index contributed by atoms with van der Waals surface area (Å²) in [5.41, 5.74) is 1.00. The summed E-state index contributed by atoms with van der Waals surface area (Å²) in [6.45, 7) is 2.07. The summed E-state index contributed by atoms with van der Waals surface area (Å²) in [6, 6.07) is 3.77. The van der Waals surface area contributed by atoms with E-state index >= 15 is 0 Å². The lowest BCUT2D eigenvalue weighted by atomic mass is 9.95. The lowest BCUT2D eigenvalue weighted by Crippen LogP contribution is -2.16. The molecule has 1 heterocycles. The highest BCUT2D eigenvalue weighted by atomic mass is 16.4. The molecule has 15 heavy (non-hydrogen) atoms. The number of carbonyl (C=O) groups is 1. The van der Waals surface area contributed by atoms with Crippen molar-refractivity contribution in [2.75, 3.05) is 0 Å². The van der Waals surface area contributed by atoms with Gasteiger partial charge in [0.05, 0.1) is 5.92 Å². The van der Waals surface area contributed by atoms with Gasteiger partial charge < -0.3 is 5.11 Å². The number of nitrogens with zero attached hydrogens (tertiary/aromatic N) is 1. The normalized spacial score (nSPS) is 12.3. The molecule has 0 bridgehead atoms. The summed E-state index contributed by atoms with van der Waals surface area (Å²) in [6.07, 6.45) is 6.78. The van der Waals surface area contributed by atoms with E-state index in [1.807, 2.05) is 12.1 Å². The molecule has 0 saturated carbocycles. The molecule has 0 aromatic carbocycles. The van der Waals surface area contributed by atoms with Crippen LogP contribution >= 0.6 is 0 Å². The standard InChI is InChI=1S/C12H17NO2/c1-2-3-6-11(12(14)15)8-10-5-4-7-13-9-10/h4-5,7,9,11H,2-3,6,8H2,1H3,(H,14,15). The molecule has 0 saturated heterocycles. The Kier molecular flexibility index (Phi) is 4.81. The Morgan fingerprint density at radius 1 is 1.60 bits per heavy atom. The van der Waals surface area contributed by atoms with Crippen LogP contribution in [-0.4, -0.2) is 16.1 Å². The SMILES string of the molecule is CCCCC(Cc1cccnc1)C(=O)O. The second-order valence-corrected chi connectivity index (χ2v) is 3.74. The van der Waals surface area contributed by atoms with Crippen molar-refractivity contribution >= 4 is 5.97 Å². The van der Waals surface area contributed by atoms with Crippen LogP contribution in [0.5, 0.6) is 0 Å². The molecular weight excluding hydrogens is 190 g/mol. The Morgan fingerprint density at radius 3 is 2.93 bits per heavy atom. The first-order valence-electron chi connectivity index (χ1n) is 5.35. The molecule has 3 nitrogen and oxygen atoms in total. The number of pyridine rings is 1. The van der Waals surface area contributed by atoms with Crippen LogP contribution < -0.4 is 0 Å². The third-order valence-electron chi connectivity index (χ3n) is 2.46. The molecule has 1 aromatic rings. The zero-order valence-electron chi connectivity index (χ0n) is 9.02. The average Bonchev–Trinajstić information content (AvgIpc) is 2.25. The average molecular weight is 207 g/mol. The number of carboxylic acid groups (broad SMARTS) is 1. The molecule has 0 aliphatic heterocycles. The minimum atomic E-state index is -0.702. The Bertz CT molecular complexity index is 298. The van der Waals surface area contributed by atoms with Gasteiger partial charge in [-0.15, -0.1) is 0 Å². The molecule has 1 unspecified atom stereocenters. The molecule has 0 radical (unpaired) electrons. The Hall–Kier alpha value is -1.38. The summed E-state index contributed by atoms with van der Waals surface area (Å²) in [7, 11) is 0. The minimum Gasteiger partial charge on any atom is -0.481 e. The van der Waals surface area contributed by atoms with Gasteiger partial charge in [-0.3, -0.25) is 9.78 Å². The van der Waals surface area contributed by atoms with Gasteiger partial charge in [0.1, 0.15) is 0 Å².